The number of aryl methyl sites for hydroxylation is 3. The second-order valence-electron chi connectivity index (χ2n) is 6.23. The molecule has 2 aromatic rings. The Morgan fingerprint density at radius 1 is 1.19 bits per heavy atom. The first-order valence-electron chi connectivity index (χ1n) is 9.34. The van der Waals surface area contributed by atoms with E-state index in [9.17, 15) is 0 Å². The van der Waals surface area contributed by atoms with Gasteiger partial charge in [-0.15, -0.1) is 24.0 Å². The zero-order chi connectivity index (χ0) is 18.6. The molecule has 6 nitrogen and oxygen atoms in total. The molecular formula is C20H32IN5O. The number of hydrogen-bond donors (Lipinski definition) is 2. The number of ether oxygens (including phenoxy) is 1. The fourth-order valence-electron chi connectivity index (χ4n) is 2.66. The van der Waals surface area contributed by atoms with E-state index in [1.807, 2.05) is 29.8 Å². The molecule has 0 saturated heterocycles. The minimum atomic E-state index is 0. The molecule has 0 radical (unpaired) electrons. The lowest BCUT2D eigenvalue weighted by atomic mass is 10.2. The van der Waals surface area contributed by atoms with Gasteiger partial charge in [-0.1, -0.05) is 30.3 Å². The fourth-order valence-corrected chi connectivity index (χ4v) is 2.66. The molecule has 0 atom stereocenters. The van der Waals surface area contributed by atoms with Crippen LogP contribution < -0.4 is 10.6 Å². The third-order valence-electron chi connectivity index (χ3n) is 3.90. The van der Waals surface area contributed by atoms with Gasteiger partial charge in [0.2, 0.25) is 0 Å². The molecule has 0 spiro atoms. The molecule has 0 unspecified atom stereocenters. The normalized spacial score (nSPS) is 11.1. The SMILES string of the molecule is CCNC(=NCCCn1nc(C)cc1C)NCCOCc1ccccc1.I. The standard InChI is InChI=1S/C20H31N5O.HI/c1-4-21-20(22-11-8-13-25-18(3)15-17(2)24-25)23-12-14-26-16-19-9-6-5-7-10-19;/h5-7,9-10,15H,4,8,11-14,16H2,1-3H3,(H2,21,22,23);1H. The van der Waals surface area contributed by atoms with E-state index >= 15 is 0 Å². The summed E-state index contributed by atoms with van der Waals surface area (Å²) in [6.07, 6.45) is 0.961. The van der Waals surface area contributed by atoms with E-state index < -0.39 is 0 Å². The Labute approximate surface area is 179 Å². The van der Waals surface area contributed by atoms with Gasteiger partial charge in [-0.25, -0.2) is 0 Å². The number of nitrogens with one attached hydrogen (secondary N) is 2. The summed E-state index contributed by atoms with van der Waals surface area (Å²) in [7, 11) is 0. The number of halogens is 1. The van der Waals surface area contributed by atoms with Crippen molar-refractivity contribution in [1.29, 1.82) is 0 Å². The smallest absolute Gasteiger partial charge is 0.191 e. The van der Waals surface area contributed by atoms with Gasteiger partial charge in [0, 0.05) is 31.9 Å². The number of rotatable bonds is 10. The Bertz CT molecular complexity index is 672. The predicted molar refractivity (Wildman–Crippen MR) is 122 cm³/mol. The molecule has 0 amide bonds. The van der Waals surface area contributed by atoms with E-state index in [0.717, 1.165) is 44.3 Å². The summed E-state index contributed by atoms with van der Waals surface area (Å²) in [5.41, 5.74) is 3.46. The van der Waals surface area contributed by atoms with Crippen molar-refractivity contribution in [2.45, 2.75) is 40.3 Å². The summed E-state index contributed by atoms with van der Waals surface area (Å²) in [4.78, 5) is 4.62. The largest absolute Gasteiger partial charge is 0.375 e. The number of nitrogens with zero attached hydrogens (tertiary/aromatic N) is 3. The molecule has 2 N–H and O–H groups in total. The average Bonchev–Trinajstić information content (AvgIpc) is 2.96. The number of guanidine groups is 1. The molecule has 0 saturated carbocycles. The molecule has 1 aromatic carbocycles. The lowest BCUT2D eigenvalue weighted by molar-refractivity contribution is 0.125. The average molecular weight is 485 g/mol. The minimum Gasteiger partial charge on any atom is -0.375 e. The Kier molecular flexibility index (Phi) is 11.8. The quantitative estimate of drug-likeness (QED) is 0.235. The maximum absolute atomic E-state index is 5.69. The van der Waals surface area contributed by atoms with Crippen molar-refractivity contribution in [3.8, 4) is 0 Å². The summed E-state index contributed by atoms with van der Waals surface area (Å²) < 4.78 is 7.73. The van der Waals surface area contributed by atoms with Crippen LogP contribution in [0.5, 0.6) is 0 Å². The van der Waals surface area contributed by atoms with E-state index in [1.165, 1.54) is 11.3 Å². The highest BCUT2D eigenvalue weighted by molar-refractivity contribution is 14.0. The van der Waals surface area contributed by atoms with Crippen molar-refractivity contribution in [2.24, 2.45) is 4.99 Å². The molecule has 2 rings (SSSR count). The summed E-state index contributed by atoms with van der Waals surface area (Å²) in [6.45, 7) is 10.7. The van der Waals surface area contributed by atoms with Crippen molar-refractivity contribution < 1.29 is 4.74 Å². The van der Waals surface area contributed by atoms with E-state index in [-0.39, 0.29) is 24.0 Å². The maximum atomic E-state index is 5.69. The third kappa shape index (κ3) is 9.23. The first-order chi connectivity index (χ1) is 12.7. The van der Waals surface area contributed by atoms with Gasteiger partial charge in [0.1, 0.15) is 0 Å². The summed E-state index contributed by atoms with van der Waals surface area (Å²) >= 11 is 0. The van der Waals surface area contributed by atoms with Crippen LogP contribution in [0.25, 0.3) is 0 Å². The number of benzene rings is 1. The van der Waals surface area contributed by atoms with Gasteiger partial charge in [-0.3, -0.25) is 9.67 Å². The molecule has 1 aromatic heterocycles. The lowest BCUT2D eigenvalue weighted by Gasteiger charge is -2.11. The molecular weight excluding hydrogens is 453 g/mol. The van der Waals surface area contributed by atoms with Crippen LogP contribution in [0, 0.1) is 13.8 Å². The molecule has 7 heteroatoms. The van der Waals surface area contributed by atoms with E-state index in [1.54, 1.807) is 0 Å². The zero-order valence-electron chi connectivity index (χ0n) is 16.6. The van der Waals surface area contributed by atoms with Crippen LogP contribution in [0.4, 0.5) is 0 Å². The van der Waals surface area contributed by atoms with Crippen molar-refractivity contribution in [3.63, 3.8) is 0 Å². The van der Waals surface area contributed by atoms with E-state index in [4.69, 9.17) is 4.74 Å². The molecule has 0 bridgehead atoms. The van der Waals surface area contributed by atoms with Crippen molar-refractivity contribution in [2.75, 3.05) is 26.2 Å². The second-order valence-corrected chi connectivity index (χ2v) is 6.23. The van der Waals surface area contributed by atoms with Crippen molar-refractivity contribution >= 4 is 29.9 Å². The van der Waals surface area contributed by atoms with Crippen LogP contribution in [0.15, 0.2) is 41.4 Å². The van der Waals surface area contributed by atoms with Gasteiger partial charge >= 0.3 is 0 Å². The monoisotopic (exact) mass is 485 g/mol. The first-order valence-corrected chi connectivity index (χ1v) is 9.34. The topological polar surface area (TPSA) is 63.5 Å². The number of aliphatic imine (C=N–C) groups is 1. The van der Waals surface area contributed by atoms with Gasteiger partial charge < -0.3 is 15.4 Å². The predicted octanol–water partition coefficient (Wildman–Crippen LogP) is 3.28. The first kappa shape index (κ1) is 23.4. The summed E-state index contributed by atoms with van der Waals surface area (Å²) in [6, 6.07) is 12.3. The van der Waals surface area contributed by atoms with Crippen molar-refractivity contribution in [1.82, 2.24) is 20.4 Å². The van der Waals surface area contributed by atoms with E-state index in [0.29, 0.717) is 13.2 Å². The maximum Gasteiger partial charge on any atom is 0.191 e. The Morgan fingerprint density at radius 2 is 1.96 bits per heavy atom. The molecule has 1 heterocycles. The van der Waals surface area contributed by atoms with Gasteiger partial charge in [0.05, 0.1) is 18.9 Å². The highest BCUT2D eigenvalue weighted by atomic mass is 127. The molecule has 0 fully saturated rings. The molecule has 150 valence electrons. The highest BCUT2D eigenvalue weighted by Gasteiger charge is 2.01. The van der Waals surface area contributed by atoms with Gasteiger partial charge in [-0.05, 0) is 38.8 Å². The van der Waals surface area contributed by atoms with Crippen molar-refractivity contribution in [3.05, 3.63) is 53.3 Å². The van der Waals surface area contributed by atoms with Gasteiger partial charge in [-0.2, -0.15) is 5.10 Å². The Morgan fingerprint density at radius 3 is 2.63 bits per heavy atom. The van der Waals surface area contributed by atoms with Crippen LogP contribution in [0.1, 0.15) is 30.3 Å². The minimum absolute atomic E-state index is 0. The third-order valence-corrected chi connectivity index (χ3v) is 3.90. The Hall–Kier alpha value is -1.61. The van der Waals surface area contributed by atoms with E-state index in [2.05, 4.69) is 52.8 Å². The molecule has 0 aliphatic carbocycles. The van der Waals surface area contributed by atoms with Gasteiger partial charge in [0.15, 0.2) is 5.96 Å². The summed E-state index contributed by atoms with van der Waals surface area (Å²) in [5, 5.41) is 11.1. The second kappa shape index (κ2) is 13.5. The zero-order valence-corrected chi connectivity index (χ0v) is 18.9. The molecule has 0 aliphatic rings. The lowest BCUT2D eigenvalue weighted by Crippen LogP contribution is -2.39. The van der Waals surface area contributed by atoms with Crippen LogP contribution in [-0.4, -0.2) is 42.0 Å². The number of hydrogen-bond acceptors (Lipinski definition) is 3. The van der Waals surface area contributed by atoms with Gasteiger partial charge in [0.25, 0.3) is 0 Å². The molecule has 0 aliphatic heterocycles. The van der Waals surface area contributed by atoms with Crippen LogP contribution in [0.3, 0.4) is 0 Å². The number of aromatic nitrogens is 2. The van der Waals surface area contributed by atoms with Crippen LogP contribution in [-0.2, 0) is 17.9 Å². The summed E-state index contributed by atoms with van der Waals surface area (Å²) in [5.74, 6) is 0.837. The highest BCUT2D eigenvalue weighted by Crippen LogP contribution is 2.02. The van der Waals surface area contributed by atoms with Crippen LogP contribution >= 0.6 is 24.0 Å². The molecule has 27 heavy (non-hydrogen) atoms. The Balaban J connectivity index is 0.00000364. The fraction of sp³-hybridized carbons (Fsp3) is 0.500. The van der Waals surface area contributed by atoms with Crippen LogP contribution in [0.2, 0.25) is 0 Å².